The zero-order chi connectivity index (χ0) is 18.1. The number of rotatable bonds is 4. The van der Waals surface area contributed by atoms with Gasteiger partial charge in [0.2, 0.25) is 5.91 Å². The van der Waals surface area contributed by atoms with Crippen molar-refractivity contribution in [2.75, 3.05) is 11.6 Å². The maximum atomic E-state index is 12.2. The lowest BCUT2D eigenvalue weighted by Gasteiger charge is -2.25. The van der Waals surface area contributed by atoms with Crippen LogP contribution in [0.25, 0.3) is 5.69 Å². The Bertz CT molecular complexity index is 856. The van der Waals surface area contributed by atoms with E-state index in [-0.39, 0.29) is 28.6 Å². The molecule has 7 nitrogen and oxygen atoms in total. The van der Waals surface area contributed by atoms with Crippen molar-refractivity contribution in [2.24, 2.45) is 11.1 Å². The molecule has 1 atom stereocenters. The first-order valence-corrected chi connectivity index (χ1v) is 9.30. The summed E-state index contributed by atoms with van der Waals surface area (Å²) in [6.45, 7) is 5.63. The SMILES string of the molecule is CC(C)(C)[C@H](N)C(=O)Nc1cnn(-c2ccccc2S(C)(=O)=O)c1.Cl. The highest BCUT2D eigenvalue weighted by Crippen LogP contribution is 2.22. The van der Waals surface area contributed by atoms with E-state index in [0.717, 1.165) is 6.26 Å². The van der Waals surface area contributed by atoms with E-state index in [1.54, 1.807) is 24.4 Å². The number of nitrogens with zero attached hydrogens (tertiary/aromatic N) is 2. The molecule has 0 radical (unpaired) electrons. The van der Waals surface area contributed by atoms with Gasteiger partial charge in [0.05, 0.1) is 34.7 Å². The number of halogens is 1. The first kappa shape index (κ1) is 21.1. The molecule has 1 aromatic carbocycles. The van der Waals surface area contributed by atoms with Crippen LogP contribution in [0.1, 0.15) is 20.8 Å². The normalized spacial score (nSPS) is 13.0. The van der Waals surface area contributed by atoms with Crippen LogP contribution in [0.3, 0.4) is 0 Å². The van der Waals surface area contributed by atoms with Crippen LogP contribution in [0.5, 0.6) is 0 Å². The number of amides is 1. The van der Waals surface area contributed by atoms with Gasteiger partial charge in [0, 0.05) is 6.26 Å². The van der Waals surface area contributed by atoms with Crippen molar-refractivity contribution in [2.45, 2.75) is 31.7 Å². The Morgan fingerprint density at radius 1 is 1.28 bits per heavy atom. The monoisotopic (exact) mass is 386 g/mol. The topological polar surface area (TPSA) is 107 Å². The Labute approximate surface area is 153 Å². The zero-order valence-corrected chi connectivity index (χ0v) is 16.2. The molecular weight excluding hydrogens is 364 g/mol. The predicted molar refractivity (Wildman–Crippen MR) is 100.0 cm³/mol. The number of anilines is 1. The number of hydrogen-bond acceptors (Lipinski definition) is 5. The molecule has 0 unspecified atom stereocenters. The molecule has 0 fully saturated rings. The highest BCUT2D eigenvalue weighted by Gasteiger charge is 2.27. The van der Waals surface area contributed by atoms with Crippen molar-refractivity contribution in [1.29, 1.82) is 0 Å². The lowest BCUT2D eigenvalue weighted by molar-refractivity contribution is -0.119. The summed E-state index contributed by atoms with van der Waals surface area (Å²) in [6.07, 6.45) is 4.14. The highest BCUT2D eigenvalue weighted by atomic mass is 35.5. The van der Waals surface area contributed by atoms with Gasteiger partial charge in [-0.05, 0) is 17.5 Å². The minimum atomic E-state index is -3.40. The van der Waals surface area contributed by atoms with E-state index < -0.39 is 15.9 Å². The Hall–Kier alpha value is -1.90. The largest absolute Gasteiger partial charge is 0.322 e. The lowest BCUT2D eigenvalue weighted by Crippen LogP contribution is -2.45. The van der Waals surface area contributed by atoms with Crippen LogP contribution >= 0.6 is 12.4 Å². The van der Waals surface area contributed by atoms with E-state index in [2.05, 4.69) is 10.4 Å². The van der Waals surface area contributed by atoms with Crippen LogP contribution in [0, 0.1) is 5.41 Å². The van der Waals surface area contributed by atoms with Gasteiger partial charge >= 0.3 is 0 Å². The van der Waals surface area contributed by atoms with Crippen LogP contribution in [0.4, 0.5) is 5.69 Å². The number of nitrogens with two attached hydrogens (primary N) is 1. The molecule has 0 bridgehead atoms. The number of carbonyl (C=O) groups excluding carboxylic acids is 1. The quantitative estimate of drug-likeness (QED) is 0.835. The van der Waals surface area contributed by atoms with E-state index in [0.29, 0.717) is 11.4 Å². The second kappa shape index (κ2) is 7.55. The maximum Gasteiger partial charge on any atom is 0.241 e. The molecule has 0 saturated carbocycles. The van der Waals surface area contributed by atoms with Crippen molar-refractivity contribution in [3.8, 4) is 5.69 Å². The van der Waals surface area contributed by atoms with Crippen molar-refractivity contribution in [3.05, 3.63) is 36.7 Å². The van der Waals surface area contributed by atoms with Crippen LogP contribution in [0.15, 0.2) is 41.6 Å². The number of hydrogen-bond donors (Lipinski definition) is 2. The second-order valence-electron chi connectivity index (χ2n) is 6.75. The third-order valence-corrected chi connectivity index (χ3v) is 4.72. The van der Waals surface area contributed by atoms with Crippen LogP contribution in [-0.4, -0.2) is 36.4 Å². The molecule has 0 spiro atoms. The summed E-state index contributed by atoms with van der Waals surface area (Å²) in [6, 6.07) is 5.85. The number of aromatic nitrogens is 2. The van der Waals surface area contributed by atoms with Gasteiger partial charge in [-0.25, -0.2) is 13.1 Å². The fourth-order valence-corrected chi connectivity index (χ4v) is 2.96. The van der Waals surface area contributed by atoms with Crippen molar-refractivity contribution >= 4 is 33.8 Å². The molecule has 1 aromatic heterocycles. The van der Waals surface area contributed by atoms with Crippen LogP contribution < -0.4 is 11.1 Å². The molecule has 138 valence electrons. The number of carbonyl (C=O) groups is 1. The van der Waals surface area contributed by atoms with E-state index in [1.165, 1.54) is 16.9 Å². The van der Waals surface area contributed by atoms with Gasteiger partial charge in [0.1, 0.15) is 0 Å². The van der Waals surface area contributed by atoms with E-state index in [9.17, 15) is 13.2 Å². The Balaban J connectivity index is 0.00000312. The molecule has 1 heterocycles. The fourth-order valence-electron chi connectivity index (χ4n) is 2.09. The summed E-state index contributed by atoms with van der Waals surface area (Å²) >= 11 is 0. The third kappa shape index (κ3) is 5.04. The Kier molecular flexibility index (Phi) is 6.39. The van der Waals surface area contributed by atoms with Crippen LogP contribution in [0.2, 0.25) is 0 Å². The minimum absolute atomic E-state index is 0. The molecule has 0 saturated heterocycles. The maximum absolute atomic E-state index is 12.2. The molecule has 9 heteroatoms. The first-order chi connectivity index (χ1) is 11.0. The second-order valence-corrected chi connectivity index (χ2v) is 8.73. The smallest absolute Gasteiger partial charge is 0.241 e. The fraction of sp³-hybridized carbons (Fsp3) is 0.375. The predicted octanol–water partition coefficient (Wildman–Crippen LogP) is 2.01. The molecule has 0 aliphatic heterocycles. The summed E-state index contributed by atoms with van der Waals surface area (Å²) in [5.74, 6) is -0.321. The molecule has 1 amide bonds. The zero-order valence-electron chi connectivity index (χ0n) is 14.6. The van der Waals surface area contributed by atoms with E-state index in [1.807, 2.05) is 20.8 Å². The van der Waals surface area contributed by atoms with Crippen LogP contribution in [-0.2, 0) is 14.6 Å². The summed E-state index contributed by atoms with van der Waals surface area (Å²) in [7, 11) is -3.40. The first-order valence-electron chi connectivity index (χ1n) is 7.41. The molecule has 3 N–H and O–H groups in total. The third-order valence-electron chi connectivity index (χ3n) is 3.58. The van der Waals surface area contributed by atoms with Gasteiger partial charge in [-0.1, -0.05) is 32.9 Å². The number of para-hydroxylation sites is 1. The van der Waals surface area contributed by atoms with Crippen molar-refractivity contribution in [1.82, 2.24) is 9.78 Å². The van der Waals surface area contributed by atoms with Crippen molar-refractivity contribution < 1.29 is 13.2 Å². The molecule has 25 heavy (non-hydrogen) atoms. The van der Waals surface area contributed by atoms with Crippen molar-refractivity contribution in [3.63, 3.8) is 0 Å². The number of nitrogens with one attached hydrogen (secondary N) is 1. The summed E-state index contributed by atoms with van der Waals surface area (Å²) in [5.41, 5.74) is 6.42. The Morgan fingerprint density at radius 2 is 1.88 bits per heavy atom. The number of sulfone groups is 1. The minimum Gasteiger partial charge on any atom is -0.322 e. The number of benzene rings is 1. The standard InChI is InChI=1S/C16H22N4O3S.ClH/c1-16(2,3)14(17)15(21)19-11-9-18-20(10-11)12-7-5-6-8-13(12)24(4,22)23;/h5-10,14H,17H2,1-4H3,(H,19,21);1H/t14-;/m1./s1. The molecule has 0 aliphatic rings. The molecule has 2 rings (SSSR count). The van der Waals surface area contributed by atoms with Gasteiger partial charge in [0.15, 0.2) is 9.84 Å². The lowest BCUT2D eigenvalue weighted by atomic mass is 9.87. The van der Waals surface area contributed by atoms with E-state index in [4.69, 9.17) is 5.73 Å². The highest BCUT2D eigenvalue weighted by molar-refractivity contribution is 7.90. The molecule has 2 aromatic rings. The van der Waals surface area contributed by atoms with Gasteiger partial charge in [-0.3, -0.25) is 4.79 Å². The Morgan fingerprint density at radius 3 is 2.44 bits per heavy atom. The van der Waals surface area contributed by atoms with Gasteiger partial charge in [-0.15, -0.1) is 12.4 Å². The average molecular weight is 387 g/mol. The molecular formula is C16H23ClN4O3S. The van der Waals surface area contributed by atoms with E-state index >= 15 is 0 Å². The summed E-state index contributed by atoms with van der Waals surface area (Å²) in [4.78, 5) is 12.3. The average Bonchev–Trinajstić information content (AvgIpc) is 2.93. The van der Waals surface area contributed by atoms with Gasteiger partial charge in [0.25, 0.3) is 0 Å². The summed E-state index contributed by atoms with van der Waals surface area (Å²) in [5, 5.41) is 6.83. The van der Waals surface area contributed by atoms with Gasteiger partial charge in [-0.2, -0.15) is 5.10 Å². The van der Waals surface area contributed by atoms with Gasteiger partial charge < -0.3 is 11.1 Å². The summed E-state index contributed by atoms with van der Waals surface area (Å²) < 4.78 is 25.2. The molecule has 0 aliphatic carbocycles.